The molecule has 9 atom stereocenters. The lowest BCUT2D eigenvalue weighted by atomic mass is 9.84. The van der Waals surface area contributed by atoms with Crippen LogP contribution in [0.5, 0.6) is 23.0 Å². The summed E-state index contributed by atoms with van der Waals surface area (Å²) in [5, 5.41) is 73.2. The summed E-state index contributed by atoms with van der Waals surface area (Å²) in [5.41, 5.74) is 11.5. The summed E-state index contributed by atoms with van der Waals surface area (Å²) in [7, 11) is 14.1. The number of aryl methyl sites for hydroxylation is 7. The van der Waals surface area contributed by atoms with E-state index in [1.54, 1.807) is 125 Å². The maximum atomic E-state index is 12.7. The van der Waals surface area contributed by atoms with Gasteiger partial charge >= 0.3 is 42.3 Å². The fourth-order valence-electron chi connectivity index (χ4n) is 18.9. The van der Waals surface area contributed by atoms with Crippen LogP contribution in [0, 0.1) is 56.3 Å². The molecule has 0 spiro atoms. The number of aliphatic carboxylic acids is 3. The van der Waals surface area contributed by atoms with Gasteiger partial charge in [0, 0.05) is 81.4 Å². The zero-order chi connectivity index (χ0) is 99.2. The monoisotopic (exact) mass is 1930 g/mol. The third-order valence-corrected chi connectivity index (χ3v) is 28.0. The number of nitrogens with zero attached hydrogens (tertiary/aromatic N) is 23. The Bertz CT molecular complexity index is 5790. The van der Waals surface area contributed by atoms with Crippen LogP contribution >= 0.6 is 0 Å². The van der Waals surface area contributed by atoms with Gasteiger partial charge in [0.25, 0.3) is 0 Å². The number of carboxylic acids is 3. The highest BCUT2D eigenvalue weighted by atomic mass is 16.6. The summed E-state index contributed by atoms with van der Waals surface area (Å²) < 4.78 is 53.2. The largest absolute Gasteiger partial charge is 0.489 e. The summed E-state index contributed by atoms with van der Waals surface area (Å²) in [6.45, 7) is 9.79. The average Bonchev–Trinajstić information content (AvgIpc) is 1.62. The quantitative estimate of drug-likeness (QED) is 0.0340. The molecule has 4 amide bonds. The van der Waals surface area contributed by atoms with Gasteiger partial charge in [-0.15, -0.1) is 25.5 Å². The van der Waals surface area contributed by atoms with Gasteiger partial charge in [-0.25, -0.2) is 52.9 Å². The Balaban J connectivity index is 0.000000149. The highest BCUT2D eigenvalue weighted by molar-refractivity contribution is 5.89. The predicted octanol–water partition coefficient (Wildman–Crippen LogP) is 15.8. The fourth-order valence-corrected chi connectivity index (χ4v) is 18.9. The lowest BCUT2D eigenvalue weighted by molar-refractivity contribution is -0.144. The van der Waals surface area contributed by atoms with Gasteiger partial charge in [-0.2, -0.15) is 5.11 Å². The Labute approximate surface area is 813 Å². The van der Waals surface area contributed by atoms with Crippen molar-refractivity contribution in [3.63, 3.8) is 0 Å². The minimum atomic E-state index is -0.768. The SMILES string of the molecule is CN(C(=O)OCc1c(-c2ccc(O[C@H]3CCC[C@H](C(=O)O)C3)cn2)nnn1C)C1CCCC1.Cc1nc(-c2nnn(C)c2COC(=O)N(C)CC2CCC2)ccc1O[C@@H]1CCC[C@@H](C(=O)O)C1.Cc1nc(-c2nnn(C)c2COC(=O)N(C)CC2CCC2)ccc1O[C@H]1CCC[C@H](C2=NN=NC2)C1.Cc1nc(-c2nnn(C)c2COC(=O)N(C)[C@H](C)c2ccccc2)ccc1O[C@H]1CCC[C@H](C(=O)O)C1. The van der Waals surface area contributed by atoms with Crippen molar-refractivity contribution in [2.24, 2.45) is 79.1 Å². The zero-order valence-corrected chi connectivity index (χ0v) is 82.1. The molecule has 140 heavy (non-hydrogen) atoms. The molecule has 1 aliphatic heterocycles. The van der Waals surface area contributed by atoms with Gasteiger partial charge in [-0.05, 0) is 240 Å². The van der Waals surface area contributed by atoms with E-state index in [9.17, 15) is 48.9 Å². The van der Waals surface area contributed by atoms with Gasteiger partial charge in [-0.1, -0.05) is 76.9 Å². The van der Waals surface area contributed by atoms with Crippen molar-refractivity contribution in [3.05, 3.63) is 130 Å². The second kappa shape index (κ2) is 48.3. The molecular weight excluding hydrogens is 1800 g/mol. The Morgan fingerprint density at radius 3 is 1.16 bits per heavy atom. The minimum Gasteiger partial charge on any atom is -0.489 e. The molecule has 7 fully saturated rings. The molecule has 8 aromatic heterocycles. The number of carboxylic acid groups (broad SMARTS) is 3. The Morgan fingerprint density at radius 1 is 0.414 bits per heavy atom. The first-order valence-electron chi connectivity index (χ1n) is 48.8. The van der Waals surface area contributed by atoms with Gasteiger partial charge < -0.3 is 72.8 Å². The number of hydrogen-bond acceptors (Lipinski definition) is 30. The molecule has 0 radical (unpaired) electrons. The second-order valence-electron chi connectivity index (χ2n) is 38.0. The van der Waals surface area contributed by atoms with Crippen molar-refractivity contribution >= 4 is 48.0 Å². The highest BCUT2D eigenvalue weighted by Gasteiger charge is 2.36. The third-order valence-electron chi connectivity index (χ3n) is 28.0. The molecule has 1 aromatic carbocycles. The fraction of sp³-hybridized carbons (Fsp3) is 0.576. The Hall–Kier alpha value is -13.7. The number of aromatic nitrogens is 16. The topological polar surface area (TPSA) is 478 Å². The van der Waals surface area contributed by atoms with E-state index in [-0.39, 0.29) is 99.0 Å². The maximum absolute atomic E-state index is 12.7. The van der Waals surface area contributed by atoms with Crippen LogP contribution in [0.1, 0.15) is 225 Å². The zero-order valence-electron chi connectivity index (χ0n) is 82.1. The first-order valence-corrected chi connectivity index (χ1v) is 48.8. The lowest BCUT2D eigenvalue weighted by Gasteiger charge is -2.29. The van der Waals surface area contributed by atoms with E-state index in [4.69, 9.17) is 42.9 Å². The molecule has 41 nitrogen and oxygen atoms in total. The molecule has 17 rings (SSSR count). The van der Waals surface area contributed by atoms with E-state index in [2.05, 4.69) is 71.6 Å². The summed E-state index contributed by atoms with van der Waals surface area (Å²) >= 11 is 0. The lowest BCUT2D eigenvalue weighted by Crippen LogP contribution is -2.35. The standard InChI is InChI=1S/C27H33N5O5.C25H34N8O3.C24H33N5O5.C23H31N5O5/c1-17-24(37-21-12-8-11-20(15-21)26(33)34)14-13-22(28-17)25-23(32(4)30-29-25)16-36-27(35)31(3)18(2)19-9-6-5-7-10-19;1-16-23(36-19-9-5-8-18(12-19)21-13-26-30-28-21)11-10-20(27-16)24-22(33(3)31-29-24)15-35-25(34)32(2)14-17-6-4-7-17;1-15-21(34-18-9-5-8-17(12-18)23(30)31)11-10-19(25-15)22-20(29(3)27-26-22)14-33-24(32)28(2)13-16-6-4-7-16;1-27(16-7-3-4-8-16)23(31)32-14-20-21(25-26-28(20)2)19-11-10-18(13-24-19)33-17-9-5-6-15(12-17)22(29)30/h5-7,9-10,13-14,18,20-21H,8,11-12,15-16H2,1-4H3,(H,33,34);10-11,17-19H,4-9,12-15H2,1-3H3;10-11,16-18H,4-9,12-14H2,1-3H3,(H,30,31);10-11,13,15-17H,3-9,12,14H2,1-2H3,(H,29,30)/t18-,20+,21+;18-,19-;17-,18-;15-,17-/m1010/s1. The van der Waals surface area contributed by atoms with E-state index < -0.39 is 24.0 Å². The number of benzene rings is 1. The van der Waals surface area contributed by atoms with E-state index in [1.165, 1.54) is 38.5 Å². The molecule has 0 unspecified atom stereocenters. The van der Waals surface area contributed by atoms with Gasteiger partial charge in [0.15, 0.2) is 0 Å². The molecular formula is C99H131N23O18. The first kappa shape index (κ1) is 102. The summed E-state index contributed by atoms with van der Waals surface area (Å²) in [6, 6.07) is 24.5. The third kappa shape index (κ3) is 26.9. The predicted molar refractivity (Wildman–Crippen MR) is 510 cm³/mol. The van der Waals surface area contributed by atoms with E-state index >= 15 is 0 Å². The highest BCUT2D eigenvalue weighted by Crippen LogP contribution is 2.39. The van der Waals surface area contributed by atoms with Crippen LogP contribution in [0.4, 0.5) is 19.2 Å². The van der Waals surface area contributed by atoms with Crippen LogP contribution in [0.3, 0.4) is 0 Å². The molecule has 750 valence electrons. The number of hydrogen-bond donors (Lipinski definition) is 3. The molecule has 9 aromatic rings. The van der Waals surface area contributed by atoms with Crippen LogP contribution in [0.25, 0.3) is 45.6 Å². The van der Waals surface area contributed by atoms with Crippen LogP contribution in [-0.2, 0) is 87.9 Å². The van der Waals surface area contributed by atoms with Gasteiger partial charge in [0.1, 0.15) is 102 Å². The van der Waals surface area contributed by atoms with Crippen molar-refractivity contribution in [1.29, 1.82) is 0 Å². The number of rotatable bonds is 31. The molecule has 0 bridgehead atoms. The molecule has 8 aliphatic rings. The minimum absolute atomic E-state index is 0.0128. The van der Waals surface area contributed by atoms with Gasteiger partial charge in [-0.3, -0.25) is 19.4 Å². The number of carbonyl (C=O) groups is 7. The maximum Gasteiger partial charge on any atom is 0.410 e. The number of amides is 4. The van der Waals surface area contributed by atoms with Crippen molar-refractivity contribution in [2.75, 3.05) is 47.8 Å². The van der Waals surface area contributed by atoms with Crippen molar-refractivity contribution in [3.8, 4) is 68.5 Å². The number of pyridine rings is 4. The van der Waals surface area contributed by atoms with Crippen LogP contribution in [0.15, 0.2) is 100 Å². The molecule has 7 saturated carbocycles. The van der Waals surface area contributed by atoms with E-state index in [1.807, 2.05) is 82.3 Å². The smallest absolute Gasteiger partial charge is 0.410 e. The van der Waals surface area contributed by atoms with Gasteiger partial charge in [0.05, 0.1) is 100.0 Å². The van der Waals surface area contributed by atoms with Crippen molar-refractivity contribution in [1.82, 2.24) is 99.5 Å². The van der Waals surface area contributed by atoms with Crippen molar-refractivity contribution < 1.29 is 86.8 Å². The van der Waals surface area contributed by atoms with Crippen molar-refractivity contribution in [2.45, 2.75) is 258 Å². The van der Waals surface area contributed by atoms with Gasteiger partial charge in [0.2, 0.25) is 0 Å². The molecule has 0 saturated heterocycles. The summed E-state index contributed by atoms with van der Waals surface area (Å²) in [6.07, 6.45) is 24.0. The molecule has 9 heterocycles. The number of ether oxygens (including phenoxy) is 8. The summed E-state index contributed by atoms with van der Waals surface area (Å²) in [4.78, 5) is 109. The second-order valence-corrected chi connectivity index (χ2v) is 38.0. The van der Waals surface area contributed by atoms with E-state index in [0.29, 0.717) is 166 Å². The normalized spacial score (nSPS) is 20.3. The van der Waals surface area contributed by atoms with E-state index in [0.717, 1.165) is 119 Å². The molecule has 41 heteroatoms. The summed E-state index contributed by atoms with van der Waals surface area (Å²) in [5.74, 6) is 0.774. The van der Waals surface area contributed by atoms with Crippen LogP contribution in [-0.4, -0.2) is 241 Å². The average molecular weight is 1930 g/mol. The molecule has 3 N–H and O–H groups in total. The Kier molecular flexibility index (Phi) is 35.3. The van der Waals surface area contributed by atoms with Crippen LogP contribution < -0.4 is 18.9 Å². The van der Waals surface area contributed by atoms with Crippen LogP contribution in [0.2, 0.25) is 0 Å². The molecule has 7 aliphatic carbocycles. The Morgan fingerprint density at radius 2 is 0.786 bits per heavy atom. The number of carbonyl (C=O) groups excluding carboxylic acids is 4. The first-order chi connectivity index (χ1) is 67.4.